The van der Waals surface area contributed by atoms with E-state index >= 15 is 0 Å². The number of carbonyl (C=O) groups excluding carboxylic acids is 1. The van der Waals surface area contributed by atoms with Crippen molar-refractivity contribution in [3.05, 3.63) is 64.7 Å². The fourth-order valence-electron chi connectivity index (χ4n) is 7.20. The van der Waals surface area contributed by atoms with E-state index in [0.717, 1.165) is 19.2 Å². The molecule has 42 heavy (non-hydrogen) atoms. The molecule has 1 amide bonds. The fraction of sp³-hybridized carbons (Fsp3) is 0.581. The molecule has 2 aliphatic heterocycles. The third-order valence-corrected chi connectivity index (χ3v) is 11.7. The van der Waals surface area contributed by atoms with Crippen molar-refractivity contribution in [3.8, 4) is 0 Å². The maximum atomic E-state index is 14.3. The van der Waals surface area contributed by atoms with Gasteiger partial charge < -0.3 is 9.64 Å². The molecule has 6 rings (SSSR count). The minimum absolute atomic E-state index is 0.0293. The number of sulfonamides is 1. The summed E-state index contributed by atoms with van der Waals surface area (Å²) in [5.74, 6) is -1.54. The smallest absolute Gasteiger partial charge is 0.410 e. The van der Waals surface area contributed by atoms with Crippen LogP contribution in [0.3, 0.4) is 0 Å². The number of ether oxygens (including phenoxy) is 1. The van der Waals surface area contributed by atoms with Gasteiger partial charge in [-0.2, -0.15) is 4.31 Å². The van der Waals surface area contributed by atoms with E-state index < -0.39 is 45.4 Å². The predicted octanol–water partition coefficient (Wildman–Crippen LogP) is 6.52. The van der Waals surface area contributed by atoms with Crippen molar-refractivity contribution in [1.82, 2.24) is 14.1 Å². The Morgan fingerprint density at radius 2 is 1.50 bits per heavy atom. The van der Waals surface area contributed by atoms with Crippen molar-refractivity contribution in [1.29, 1.82) is 0 Å². The van der Waals surface area contributed by atoms with Gasteiger partial charge in [-0.25, -0.2) is 22.0 Å². The second-order valence-corrected chi connectivity index (χ2v) is 14.5. The van der Waals surface area contributed by atoms with Gasteiger partial charge in [0, 0.05) is 43.3 Å². The van der Waals surface area contributed by atoms with Gasteiger partial charge in [-0.05, 0) is 86.9 Å². The van der Waals surface area contributed by atoms with Crippen LogP contribution in [0, 0.1) is 11.6 Å². The van der Waals surface area contributed by atoms with Crippen molar-refractivity contribution in [2.75, 3.05) is 26.2 Å². The number of piperidine rings is 1. The van der Waals surface area contributed by atoms with E-state index in [1.165, 1.54) is 72.8 Å². The molecule has 2 aliphatic carbocycles. The zero-order valence-corrected chi connectivity index (χ0v) is 25.3. The summed E-state index contributed by atoms with van der Waals surface area (Å²) in [6, 6.07) is 8.14. The molecule has 4 aliphatic rings. The molecule has 0 radical (unpaired) electrons. The highest BCUT2D eigenvalue weighted by Gasteiger charge is 2.60. The van der Waals surface area contributed by atoms with E-state index in [9.17, 15) is 22.0 Å². The van der Waals surface area contributed by atoms with Gasteiger partial charge in [0.1, 0.15) is 17.2 Å². The number of benzene rings is 2. The van der Waals surface area contributed by atoms with E-state index in [1.54, 1.807) is 4.90 Å². The molecule has 7 nitrogen and oxygen atoms in total. The van der Waals surface area contributed by atoms with Crippen molar-refractivity contribution in [3.63, 3.8) is 0 Å². The topological polar surface area (TPSA) is 70.2 Å². The second-order valence-electron chi connectivity index (χ2n) is 12.2. The molecule has 0 N–H and O–H groups in total. The Morgan fingerprint density at radius 1 is 0.857 bits per heavy atom. The van der Waals surface area contributed by atoms with Crippen LogP contribution in [-0.2, 0) is 14.8 Å². The monoisotopic (exact) mass is 621 g/mol. The predicted molar refractivity (Wildman–Crippen MR) is 156 cm³/mol. The largest absolute Gasteiger partial charge is 0.441 e. The lowest BCUT2D eigenvalue weighted by atomic mass is 9.90. The van der Waals surface area contributed by atoms with Crippen LogP contribution in [0.1, 0.15) is 75.8 Å². The summed E-state index contributed by atoms with van der Waals surface area (Å²) in [6.07, 6.45) is 8.37. The van der Waals surface area contributed by atoms with Crippen molar-refractivity contribution in [2.24, 2.45) is 0 Å². The van der Waals surface area contributed by atoms with Crippen LogP contribution in [0.5, 0.6) is 0 Å². The number of nitrogens with zero attached hydrogens (tertiary/aromatic N) is 3. The van der Waals surface area contributed by atoms with E-state index in [1.807, 2.05) is 0 Å². The molecular formula is C31H38ClF2N3O4S. The summed E-state index contributed by atoms with van der Waals surface area (Å²) in [6.45, 7) is 2.77. The molecule has 228 valence electrons. The van der Waals surface area contributed by atoms with Gasteiger partial charge >= 0.3 is 6.09 Å². The van der Waals surface area contributed by atoms with Crippen LogP contribution in [0.2, 0.25) is 5.02 Å². The first-order valence-corrected chi connectivity index (χ1v) is 17.0. The number of hydrogen-bond acceptors (Lipinski definition) is 5. The van der Waals surface area contributed by atoms with Gasteiger partial charge in [0.25, 0.3) is 0 Å². The van der Waals surface area contributed by atoms with Gasteiger partial charge in [-0.1, -0.05) is 30.9 Å². The van der Waals surface area contributed by atoms with Crippen LogP contribution >= 0.6 is 11.6 Å². The molecule has 2 atom stereocenters. The Hall–Kier alpha value is -2.27. The van der Waals surface area contributed by atoms with Crippen LogP contribution in [0.25, 0.3) is 0 Å². The normalized spacial score (nSPS) is 25.7. The first-order chi connectivity index (χ1) is 20.2. The lowest BCUT2D eigenvalue weighted by molar-refractivity contribution is -0.0169. The molecule has 4 fully saturated rings. The Kier molecular flexibility index (Phi) is 8.52. The molecule has 11 heteroatoms. The molecule has 2 heterocycles. The third kappa shape index (κ3) is 6.05. The Labute approximate surface area is 251 Å². The average molecular weight is 622 g/mol. The van der Waals surface area contributed by atoms with Crippen LogP contribution < -0.4 is 0 Å². The van der Waals surface area contributed by atoms with Crippen LogP contribution in [-0.4, -0.2) is 72.5 Å². The minimum atomic E-state index is -4.16. The zero-order valence-electron chi connectivity index (χ0n) is 23.7. The van der Waals surface area contributed by atoms with Gasteiger partial charge in [-0.15, -0.1) is 0 Å². The number of halogens is 3. The van der Waals surface area contributed by atoms with Crippen LogP contribution in [0.4, 0.5) is 13.6 Å². The summed E-state index contributed by atoms with van der Waals surface area (Å²) in [4.78, 5) is 17.7. The number of carbonyl (C=O) groups is 1. The Bertz CT molecular complexity index is 1370. The zero-order chi connectivity index (χ0) is 29.5. The lowest BCUT2D eigenvalue weighted by Crippen LogP contribution is -2.56. The molecule has 2 unspecified atom stereocenters. The fourth-order valence-corrected chi connectivity index (χ4v) is 9.24. The molecule has 2 aromatic carbocycles. The molecule has 2 saturated carbocycles. The Balaban J connectivity index is 1.25. The maximum absolute atomic E-state index is 14.3. The number of amides is 1. The number of rotatable bonds is 6. The standard InChI is InChI=1S/C31H38ClF2N3O4S/c32-23-9-11-27(12-10-23)42(39,40)37-28(22-19-24(33)21-25(34)20-22)7-4-8-29(37)31(13-14-31)41-30(38)36-17-15-35(16-18-36)26-5-2-1-3-6-26/h9-12,19-21,26,28-29H,1-8,13-18H2. The van der Waals surface area contributed by atoms with E-state index in [-0.39, 0.29) is 10.5 Å². The first kappa shape index (κ1) is 29.8. The summed E-state index contributed by atoms with van der Waals surface area (Å²) in [5, 5.41) is 0.393. The molecule has 0 bridgehead atoms. The quantitative estimate of drug-likeness (QED) is 0.367. The van der Waals surface area contributed by atoms with E-state index in [0.29, 0.717) is 56.3 Å². The highest BCUT2D eigenvalue weighted by atomic mass is 35.5. The number of piperazine rings is 1. The second kappa shape index (κ2) is 12.0. The third-order valence-electron chi connectivity index (χ3n) is 9.53. The van der Waals surface area contributed by atoms with Crippen LogP contribution in [0.15, 0.2) is 47.4 Å². The van der Waals surface area contributed by atoms with Gasteiger partial charge in [-0.3, -0.25) is 4.90 Å². The molecular weight excluding hydrogens is 584 g/mol. The lowest BCUT2D eigenvalue weighted by Gasteiger charge is -2.45. The number of hydrogen-bond donors (Lipinski definition) is 0. The van der Waals surface area contributed by atoms with E-state index in [2.05, 4.69) is 4.90 Å². The summed E-state index contributed by atoms with van der Waals surface area (Å²) in [5.41, 5.74) is -0.738. The Morgan fingerprint density at radius 3 is 2.12 bits per heavy atom. The molecule has 2 saturated heterocycles. The summed E-state index contributed by atoms with van der Waals surface area (Å²) >= 11 is 6.05. The molecule has 0 aromatic heterocycles. The van der Waals surface area contributed by atoms with Crippen molar-refractivity contribution >= 4 is 27.7 Å². The van der Waals surface area contributed by atoms with Gasteiger partial charge in [0.05, 0.1) is 17.0 Å². The minimum Gasteiger partial charge on any atom is -0.441 e. The summed E-state index contributed by atoms with van der Waals surface area (Å²) < 4.78 is 64.8. The average Bonchev–Trinajstić information content (AvgIpc) is 3.77. The first-order valence-electron chi connectivity index (χ1n) is 15.1. The maximum Gasteiger partial charge on any atom is 0.410 e. The highest BCUT2D eigenvalue weighted by Crippen LogP contribution is 2.52. The SMILES string of the molecule is O=C(OC1(C2CCCC(c3cc(F)cc(F)c3)N2S(=O)(=O)c2ccc(Cl)cc2)CC1)N1CCN(C2CCCCC2)CC1. The van der Waals surface area contributed by atoms with E-state index in [4.69, 9.17) is 16.3 Å². The van der Waals surface area contributed by atoms with Crippen molar-refractivity contribution in [2.45, 2.75) is 92.8 Å². The molecule has 2 aromatic rings. The molecule has 0 spiro atoms. The highest BCUT2D eigenvalue weighted by molar-refractivity contribution is 7.89. The van der Waals surface area contributed by atoms with Crippen molar-refractivity contribution < 1.29 is 26.7 Å². The van der Waals surface area contributed by atoms with Gasteiger partial charge in [0.2, 0.25) is 10.0 Å². The summed E-state index contributed by atoms with van der Waals surface area (Å²) in [7, 11) is -4.16. The van der Waals surface area contributed by atoms with Gasteiger partial charge in [0.15, 0.2) is 0 Å².